The molecule has 0 unspecified atom stereocenters. The predicted octanol–water partition coefficient (Wildman–Crippen LogP) is 2.34. The highest BCUT2D eigenvalue weighted by molar-refractivity contribution is 6.01. The average molecular weight is 295 g/mol. The van der Waals surface area contributed by atoms with Gasteiger partial charge >= 0.3 is 0 Å². The monoisotopic (exact) mass is 295 g/mol. The van der Waals surface area contributed by atoms with Gasteiger partial charge < -0.3 is 10.8 Å². The summed E-state index contributed by atoms with van der Waals surface area (Å²) >= 11 is 0. The van der Waals surface area contributed by atoms with E-state index in [1.807, 2.05) is 18.2 Å². The third-order valence-corrected chi connectivity index (χ3v) is 3.74. The number of anilines is 1. The van der Waals surface area contributed by atoms with E-state index in [1.54, 1.807) is 43.3 Å². The molecule has 2 aromatic rings. The Morgan fingerprint density at radius 2 is 1.82 bits per heavy atom. The molecule has 1 atom stereocenters. The predicted molar refractivity (Wildman–Crippen MR) is 85.1 cm³/mol. The second-order valence-corrected chi connectivity index (χ2v) is 5.40. The number of para-hydroxylation sites is 1. The molecule has 1 heterocycles. The summed E-state index contributed by atoms with van der Waals surface area (Å²) < 4.78 is 0. The molecule has 0 radical (unpaired) electrons. The molecular weight excluding hydrogens is 278 g/mol. The van der Waals surface area contributed by atoms with Gasteiger partial charge in [-0.3, -0.25) is 4.79 Å². The van der Waals surface area contributed by atoms with Crippen LogP contribution in [0.5, 0.6) is 0 Å². The SMILES string of the molecule is CC1=NN(C(=O)c2ccccc2N)[C@@](O)(c2ccccc2)C1. The van der Waals surface area contributed by atoms with Crippen molar-refractivity contribution < 1.29 is 9.90 Å². The topological polar surface area (TPSA) is 78.9 Å². The minimum atomic E-state index is -1.48. The first kappa shape index (κ1) is 14.3. The van der Waals surface area contributed by atoms with E-state index in [9.17, 15) is 9.90 Å². The highest BCUT2D eigenvalue weighted by Gasteiger charge is 2.45. The minimum absolute atomic E-state index is 0.273. The van der Waals surface area contributed by atoms with E-state index in [4.69, 9.17) is 5.73 Å². The Bertz CT molecular complexity index is 743. The zero-order valence-corrected chi connectivity index (χ0v) is 12.2. The molecule has 1 amide bonds. The summed E-state index contributed by atoms with van der Waals surface area (Å²) in [7, 11) is 0. The molecule has 1 aliphatic heterocycles. The van der Waals surface area contributed by atoms with Crippen LogP contribution in [0.15, 0.2) is 59.7 Å². The Labute approximate surface area is 128 Å². The highest BCUT2D eigenvalue weighted by atomic mass is 16.3. The lowest BCUT2D eigenvalue weighted by atomic mass is 9.97. The molecule has 1 aliphatic rings. The first-order chi connectivity index (χ1) is 10.5. The Hall–Kier alpha value is -2.66. The Morgan fingerprint density at radius 3 is 2.50 bits per heavy atom. The minimum Gasteiger partial charge on any atom is -0.398 e. The standard InChI is InChI=1S/C17H17N3O2/c1-12-11-17(22,13-7-3-2-4-8-13)20(19-12)16(21)14-9-5-6-10-15(14)18/h2-10,22H,11,18H2,1H3/t17-/m0/s1. The van der Waals surface area contributed by atoms with Gasteiger partial charge in [-0.25, -0.2) is 0 Å². The number of hydrogen-bond acceptors (Lipinski definition) is 4. The van der Waals surface area contributed by atoms with Crippen molar-refractivity contribution in [2.75, 3.05) is 5.73 Å². The number of hydrazone groups is 1. The summed E-state index contributed by atoms with van der Waals surface area (Å²) in [6, 6.07) is 15.8. The van der Waals surface area contributed by atoms with Crippen molar-refractivity contribution >= 4 is 17.3 Å². The van der Waals surface area contributed by atoms with E-state index in [1.165, 1.54) is 0 Å². The molecule has 3 N–H and O–H groups in total. The van der Waals surface area contributed by atoms with Crippen molar-refractivity contribution in [2.24, 2.45) is 5.10 Å². The molecular formula is C17H17N3O2. The number of nitrogen functional groups attached to an aromatic ring is 1. The van der Waals surface area contributed by atoms with Crippen molar-refractivity contribution in [2.45, 2.75) is 19.1 Å². The summed E-state index contributed by atoms with van der Waals surface area (Å²) in [5, 5.41) is 16.4. The summed E-state index contributed by atoms with van der Waals surface area (Å²) in [6.45, 7) is 1.79. The van der Waals surface area contributed by atoms with E-state index in [0.717, 1.165) is 5.01 Å². The van der Waals surface area contributed by atoms with E-state index in [2.05, 4.69) is 5.10 Å². The molecule has 0 aromatic heterocycles. The van der Waals surface area contributed by atoms with Crippen LogP contribution in [0.1, 0.15) is 29.3 Å². The van der Waals surface area contributed by atoms with E-state index in [-0.39, 0.29) is 6.42 Å². The maximum atomic E-state index is 12.8. The lowest BCUT2D eigenvalue weighted by Crippen LogP contribution is -2.43. The van der Waals surface area contributed by atoms with Crippen molar-refractivity contribution in [1.29, 1.82) is 0 Å². The number of hydrogen-bond donors (Lipinski definition) is 2. The third-order valence-electron chi connectivity index (χ3n) is 3.74. The Balaban J connectivity index is 2.04. The maximum absolute atomic E-state index is 12.8. The second-order valence-electron chi connectivity index (χ2n) is 5.40. The molecule has 2 aromatic carbocycles. The van der Waals surface area contributed by atoms with Crippen LogP contribution in [-0.2, 0) is 5.72 Å². The molecule has 0 saturated heterocycles. The van der Waals surface area contributed by atoms with Gasteiger partial charge in [-0.2, -0.15) is 10.1 Å². The fourth-order valence-electron chi connectivity index (χ4n) is 2.67. The van der Waals surface area contributed by atoms with Crippen LogP contribution in [0.4, 0.5) is 5.69 Å². The third kappa shape index (κ3) is 2.25. The van der Waals surface area contributed by atoms with Gasteiger partial charge in [0.2, 0.25) is 0 Å². The summed E-state index contributed by atoms with van der Waals surface area (Å²) in [5.41, 5.74) is 6.40. The zero-order chi connectivity index (χ0) is 15.7. The van der Waals surface area contributed by atoms with Gasteiger partial charge in [-0.1, -0.05) is 42.5 Å². The first-order valence-electron chi connectivity index (χ1n) is 7.03. The number of nitrogens with zero attached hydrogens (tertiary/aromatic N) is 2. The van der Waals surface area contributed by atoms with Crippen molar-refractivity contribution in [3.8, 4) is 0 Å². The summed E-state index contributed by atoms with van der Waals surface area (Å²) in [5.74, 6) is -0.415. The number of benzene rings is 2. The zero-order valence-electron chi connectivity index (χ0n) is 12.2. The van der Waals surface area contributed by atoms with Crippen molar-refractivity contribution in [1.82, 2.24) is 5.01 Å². The lowest BCUT2D eigenvalue weighted by molar-refractivity contribution is -0.0764. The molecule has 0 bridgehead atoms. The van der Waals surface area contributed by atoms with Gasteiger partial charge in [0.15, 0.2) is 5.72 Å². The molecule has 112 valence electrons. The first-order valence-corrected chi connectivity index (χ1v) is 7.03. The number of amides is 1. The molecule has 5 nitrogen and oxygen atoms in total. The molecule has 0 spiro atoms. The van der Waals surface area contributed by atoms with Crippen molar-refractivity contribution in [3.63, 3.8) is 0 Å². The number of carbonyl (C=O) groups excluding carboxylic acids is 1. The fraction of sp³-hybridized carbons (Fsp3) is 0.176. The van der Waals surface area contributed by atoms with Crippen LogP contribution in [0, 0.1) is 0 Å². The van der Waals surface area contributed by atoms with Crippen LogP contribution in [0.2, 0.25) is 0 Å². The number of rotatable bonds is 2. The maximum Gasteiger partial charge on any atom is 0.279 e. The molecule has 0 saturated carbocycles. The quantitative estimate of drug-likeness (QED) is 0.835. The van der Waals surface area contributed by atoms with E-state index < -0.39 is 11.6 Å². The average Bonchev–Trinajstić information content (AvgIpc) is 2.84. The van der Waals surface area contributed by atoms with Gasteiger partial charge in [0.1, 0.15) is 0 Å². The van der Waals surface area contributed by atoms with Crippen LogP contribution in [0.3, 0.4) is 0 Å². The smallest absolute Gasteiger partial charge is 0.279 e. The largest absolute Gasteiger partial charge is 0.398 e. The molecule has 0 aliphatic carbocycles. The van der Waals surface area contributed by atoms with Crippen LogP contribution >= 0.6 is 0 Å². The molecule has 0 fully saturated rings. The Kier molecular flexibility index (Phi) is 3.42. The lowest BCUT2D eigenvalue weighted by Gasteiger charge is -2.31. The highest BCUT2D eigenvalue weighted by Crippen LogP contribution is 2.36. The van der Waals surface area contributed by atoms with Crippen LogP contribution < -0.4 is 5.73 Å². The number of aliphatic hydroxyl groups is 1. The van der Waals surface area contributed by atoms with Crippen LogP contribution in [-0.4, -0.2) is 21.7 Å². The van der Waals surface area contributed by atoms with Gasteiger partial charge in [0.25, 0.3) is 5.91 Å². The normalized spacial score (nSPS) is 20.8. The van der Waals surface area contributed by atoms with Gasteiger partial charge in [0.05, 0.1) is 5.56 Å². The molecule has 5 heteroatoms. The van der Waals surface area contributed by atoms with Gasteiger partial charge in [-0.15, -0.1) is 0 Å². The summed E-state index contributed by atoms with van der Waals surface area (Å²) in [4.78, 5) is 12.8. The van der Waals surface area contributed by atoms with Crippen LogP contribution in [0.25, 0.3) is 0 Å². The fourth-order valence-corrected chi connectivity index (χ4v) is 2.67. The van der Waals surface area contributed by atoms with Crippen molar-refractivity contribution in [3.05, 3.63) is 65.7 Å². The second kappa shape index (κ2) is 5.27. The Morgan fingerprint density at radius 1 is 1.18 bits per heavy atom. The number of nitrogens with two attached hydrogens (primary N) is 1. The summed E-state index contributed by atoms with van der Waals surface area (Å²) in [6.07, 6.45) is 0.273. The molecule has 3 rings (SSSR count). The molecule has 22 heavy (non-hydrogen) atoms. The number of carbonyl (C=O) groups is 1. The van der Waals surface area contributed by atoms with E-state index in [0.29, 0.717) is 22.5 Å². The van der Waals surface area contributed by atoms with Gasteiger partial charge in [0, 0.05) is 23.4 Å². The van der Waals surface area contributed by atoms with Gasteiger partial charge in [-0.05, 0) is 19.1 Å². The van der Waals surface area contributed by atoms with E-state index >= 15 is 0 Å².